The molecule has 0 N–H and O–H groups in total. The highest BCUT2D eigenvalue weighted by Gasteiger charge is 2.22. The minimum Gasteiger partial charge on any atom is -0.489 e. The average molecular weight is 485 g/mol. The predicted molar refractivity (Wildman–Crippen MR) is 104 cm³/mol. The molecule has 2 aromatic rings. The average Bonchev–Trinajstić information content (AvgIpc) is 2.53. The first-order valence-corrected chi connectivity index (χ1v) is 9.75. The molecule has 120 valence electrons. The Morgan fingerprint density at radius 2 is 1.96 bits per heavy atom. The lowest BCUT2D eigenvalue weighted by molar-refractivity contribution is 0.103. The zero-order chi connectivity index (χ0) is 16.4. The summed E-state index contributed by atoms with van der Waals surface area (Å²) in [6.45, 7) is 2.11. The topological polar surface area (TPSA) is 26.3 Å². The summed E-state index contributed by atoms with van der Waals surface area (Å²) in [4.78, 5) is 12.7. The Hall–Kier alpha value is -0.880. The number of hydrogen-bond acceptors (Lipinski definition) is 2. The van der Waals surface area contributed by atoms with Crippen LogP contribution in [0.3, 0.4) is 0 Å². The van der Waals surface area contributed by atoms with Crippen molar-refractivity contribution in [3.8, 4) is 5.75 Å². The van der Waals surface area contributed by atoms with E-state index in [0.717, 1.165) is 33.1 Å². The summed E-state index contributed by atoms with van der Waals surface area (Å²) in [5.41, 5.74) is 2.63. The molecule has 0 aliphatic heterocycles. The molecule has 0 amide bonds. The monoisotopic (exact) mass is 484 g/mol. The second kappa shape index (κ2) is 7.34. The molecular formula is C19H18BrIO2. The van der Waals surface area contributed by atoms with Crippen LogP contribution in [0, 0.1) is 3.57 Å². The summed E-state index contributed by atoms with van der Waals surface area (Å²) < 4.78 is 7.75. The van der Waals surface area contributed by atoms with Crippen molar-refractivity contribution in [2.75, 3.05) is 0 Å². The van der Waals surface area contributed by atoms with E-state index in [1.165, 1.54) is 12.0 Å². The maximum Gasteiger partial charge on any atom is 0.194 e. The second-order valence-corrected chi connectivity index (χ2v) is 7.83. The summed E-state index contributed by atoms with van der Waals surface area (Å²) in [6, 6.07) is 11.7. The smallest absolute Gasteiger partial charge is 0.194 e. The Kier molecular flexibility index (Phi) is 5.42. The predicted octanol–water partition coefficient (Wildman–Crippen LogP) is 5.78. The van der Waals surface area contributed by atoms with Crippen LogP contribution in [0.25, 0.3) is 0 Å². The normalized spacial score (nSPS) is 14.4. The Morgan fingerprint density at radius 1 is 1.26 bits per heavy atom. The van der Waals surface area contributed by atoms with Gasteiger partial charge in [-0.2, -0.15) is 0 Å². The second-order valence-electron chi connectivity index (χ2n) is 5.81. The third kappa shape index (κ3) is 3.79. The molecule has 0 unspecified atom stereocenters. The van der Waals surface area contributed by atoms with E-state index in [9.17, 15) is 4.79 Å². The zero-order valence-corrected chi connectivity index (χ0v) is 16.7. The summed E-state index contributed by atoms with van der Waals surface area (Å²) in [7, 11) is 0. The lowest BCUT2D eigenvalue weighted by Crippen LogP contribution is -2.25. The van der Waals surface area contributed by atoms with E-state index in [2.05, 4.69) is 45.4 Å². The highest BCUT2D eigenvalue weighted by Crippen LogP contribution is 2.33. The Morgan fingerprint density at radius 3 is 2.52 bits per heavy atom. The standard InChI is InChI=1S/C19H18BrIO2/c1-2-12-6-8-13(9-7-12)19(22)15-10-17(21)18(11-16(15)20)23-14-4-3-5-14/h6-11,14H,2-5H2,1H3. The van der Waals surface area contributed by atoms with Gasteiger partial charge < -0.3 is 4.74 Å². The Labute approximate surface area is 158 Å². The lowest BCUT2D eigenvalue weighted by Gasteiger charge is -2.27. The number of aryl methyl sites for hydroxylation is 1. The number of carbonyl (C=O) groups is 1. The van der Waals surface area contributed by atoms with E-state index in [1.807, 2.05) is 36.4 Å². The van der Waals surface area contributed by atoms with E-state index in [1.54, 1.807) is 0 Å². The molecule has 2 aromatic carbocycles. The summed E-state index contributed by atoms with van der Waals surface area (Å²) >= 11 is 5.78. The van der Waals surface area contributed by atoms with Crippen LogP contribution in [-0.2, 0) is 6.42 Å². The van der Waals surface area contributed by atoms with Gasteiger partial charge in [0.05, 0.1) is 9.67 Å². The highest BCUT2D eigenvalue weighted by molar-refractivity contribution is 14.1. The van der Waals surface area contributed by atoms with Crippen molar-refractivity contribution in [2.45, 2.75) is 38.7 Å². The van der Waals surface area contributed by atoms with Crippen LogP contribution >= 0.6 is 38.5 Å². The maximum atomic E-state index is 12.7. The third-order valence-electron chi connectivity index (χ3n) is 4.24. The van der Waals surface area contributed by atoms with Crippen LogP contribution in [0.4, 0.5) is 0 Å². The van der Waals surface area contributed by atoms with Gasteiger partial charge in [0.1, 0.15) is 5.75 Å². The number of rotatable bonds is 5. The number of carbonyl (C=O) groups excluding carboxylic acids is 1. The van der Waals surface area contributed by atoms with Gasteiger partial charge in [-0.05, 0) is 81.9 Å². The van der Waals surface area contributed by atoms with Gasteiger partial charge in [0.15, 0.2) is 5.78 Å². The largest absolute Gasteiger partial charge is 0.489 e. The fourth-order valence-electron chi connectivity index (χ4n) is 2.51. The van der Waals surface area contributed by atoms with Gasteiger partial charge in [-0.15, -0.1) is 0 Å². The van der Waals surface area contributed by atoms with E-state index >= 15 is 0 Å². The lowest BCUT2D eigenvalue weighted by atomic mass is 9.96. The molecule has 0 radical (unpaired) electrons. The molecule has 0 saturated heterocycles. The molecular weight excluding hydrogens is 467 g/mol. The van der Waals surface area contributed by atoms with Crippen LogP contribution in [0.5, 0.6) is 5.75 Å². The number of ketones is 1. The van der Waals surface area contributed by atoms with Gasteiger partial charge in [0.25, 0.3) is 0 Å². The van der Waals surface area contributed by atoms with Crippen molar-refractivity contribution in [3.05, 3.63) is 61.1 Å². The van der Waals surface area contributed by atoms with Crippen molar-refractivity contribution in [1.82, 2.24) is 0 Å². The SMILES string of the molecule is CCc1ccc(C(=O)c2cc(I)c(OC3CCC3)cc2Br)cc1. The molecule has 1 saturated carbocycles. The fourth-order valence-corrected chi connectivity index (χ4v) is 3.61. The molecule has 0 atom stereocenters. The van der Waals surface area contributed by atoms with Crippen molar-refractivity contribution < 1.29 is 9.53 Å². The van der Waals surface area contributed by atoms with Gasteiger partial charge in [-0.3, -0.25) is 4.79 Å². The summed E-state index contributed by atoms with van der Waals surface area (Å²) in [5, 5.41) is 0. The molecule has 1 fully saturated rings. The van der Waals surface area contributed by atoms with Crippen LogP contribution in [0.1, 0.15) is 47.7 Å². The van der Waals surface area contributed by atoms with E-state index < -0.39 is 0 Å². The first kappa shape index (κ1) is 17.0. The Bertz CT molecular complexity index is 721. The van der Waals surface area contributed by atoms with Crippen LogP contribution in [0.2, 0.25) is 0 Å². The van der Waals surface area contributed by atoms with Gasteiger partial charge in [0, 0.05) is 15.6 Å². The zero-order valence-electron chi connectivity index (χ0n) is 12.9. The van der Waals surface area contributed by atoms with Crippen LogP contribution < -0.4 is 4.74 Å². The number of ether oxygens (including phenoxy) is 1. The number of hydrogen-bond donors (Lipinski definition) is 0. The highest BCUT2D eigenvalue weighted by atomic mass is 127. The van der Waals surface area contributed by atoms with Gasteiger partial charge in [-0.1, -0.05) is 31.2 Å². The molecule has 0 heterocycles. The molecule has 0 spiro atoms. The maximum absolute atomic E-state index is 12.7. The quantitative estimate of drug-likeness (QED) is 0.397. The Balaban J connectivity index is 1.86. The molecule has 1 aliphatic rings. The van der Waals surface area contributed by atoms with Gasteiger partial charge in [-0.25, -0.2) is 0 Å². The number of halogens is 2. The first-order valence-electron chi connectivity index (χ1n) is 7.88. The molecule has 3 rings (SSSR count). The minimum absolute atomic E-state index is 0.0349. The molecule has 0 bridgehead atoms. The molecule has 23 heavy (non-hydrogen) atoms. The fraction of sp³-hybridized carbons (Fsp3) is 0.316. The van der Waals surface area contributed by atoms with Crippen LogP contribution in [0.15, 0.2) is 40.9 Å². The third-order valence-corrected chi connectivity index (χ3v) is 5.74. The van der Waals surface area contributed by atoms with Crippen LogP contribution in [-0.4, -0.2) is 11.9 Å². The van der Waals surface area contributed by atoms with Crippen molar-refractivity contribution in [3.63, 3.8) is 0 Å². The first-order chi connectivity index (χ1) is 11.1. The van der Waals surface area contributed by atoms with Gasteiger partial charge >= 0.3 is 0 Å². The van der Waals surface area contributed by atoms with Crippen molar-refractivity contribution >= 4 is 44.3 Å². The molecule has 2 nitrogen and oxygen atoms in total. The molecule has 4 heteroatoms. The molecule has 1 aliphatic carbocycles. The minimum atomic E-state index is 0.0349. The summed E-state index contributed by atoms with van der Waals surface area (Å²) in [6.07, 6.45) is 4.80. The van der Waals surface area contributed by atoms with Crippen molar-refractivity contribution in [2.24, 2.45) is 0 Å². The van der Waals surface area contributed by atoms with Gasteiger partial charge in [0.2, 0.25) is 0 Å². The summed E-state index contributed by atoms with van der Waals surface area (Å²) in [5.74, 6) is 0.896. The number of benzene rings is 2. The van der Waals surface area contributed by atoms with E-state index in [0.29, 0.717) is 17.2 Å². The molecule has 0 aromatic heterocycles. The van der Waals surface area contributed by atoms with E-state index in [-0.39, 0.29) is 5.78 Å². The van der Waals surface area contributed by atoms with Crippen molar-refractivity contribution in [1.29, 1.82) is 0 Å². The van der Waals surface area contributed by atoms with E-state index in [4.69, 9.17) is 4.74 Å².